The third-order valence-corrected chi connectivity index (χ3v) is 1.93. The Morgan fingerprint density at radius 2 is 1.71 bits per heavy atom. The molecule has 0 heterocycles. The summed E-state index contributed by atoms with van der Waals surface area (Å²) in [6.45, 7) is 14.3. The van der Waals surface area contributed by atoms with Crippen molar-refractivity contribution in [3.63, 3.8) is 0 Å². The van der Waals surface area contributed by atoms with Gasteiger partial charge in [-0.25, -0.2) is 0 Å². The fraction of sp³-hybridized carbons (Fsp3) is 0.571. The molecule has 0 bridgehead atoms. The minimum Gasteiger partial charge on any atom is -0.0988 e. The molecule has 0 heteroatoms. The van der Waals surface area contributed by atoms with E-state index < -0.39 is 0 Å². The van der Waals surface area contributed by atoms with Gasteiger partial charge in [0.25, 0.3) is 0 Å². The van der Waals surface area contributed by atoms with Crippen molar-refractivity contribution in [2.75, 3.05) is 0 Å². The summed E-state index contributed by atoms with van der Waals surface area (Å²) in [5, 5.41) is 0. The highest BCUT2D eigenvalue weighted by Crippen LogP contribution is 2.16. The van der Waals surface area contributed by atoms with Crippen molar-refractivity contribution < 1.29 is 0 Å². The molecule has 0 spiro atoms. The third kappa shape index (κ3) is 6.71. The van der Waals surface area contributed by atoms with Crippen molar-refractivity contribution in [1.29, 1.82) is 0 Å². The first kappa shape index (κ1) is 15.7. The second-order valence-electron chi connectivity index (χ2n) is 2.86. The van der Waals surface area contributed by atoms with Gasteiger partial charge >= 0.3 is 0 Å². The highest BCUT2D eigenvalue weighted by Gasteiger charge is 1.96. The van der Waals surface area contributed by atoms with Gasteiger partial charge < -0.3 is 0 Å². The molecule has 82 valence electrons. The first-order chi connectivity index (χ1) is 6.79. The average molecular weight is 194 g/mol. The third-order valence-electron chi connectivity index (χ3n) is 1.93. The van der Waals surface area contributed by atoms with E-state index in [4.69, 9.17) is 0 Å². The van der Waals surface area contributed by atoms with Gasteiger partial charge in [0.05, 0.1) is 0 Å². The predicted octanol–water partition coefficient (Wildman–Crippen LogP) is 5.28. The zero-order chi connectivity index (χ0) is 11.4. The number of rotatable bonds is 5. The Kier molecular flexibility index (Phi) is 13.7. The van der Waals surface area contributed by atoms with Gasteiger partial charge in [-0.15, -0.1) is 0 Å². The largest absolute Gasteiger partial charge is 0.0988 e. The highest BCUT2D eigenvalue weighted by molar-refractivity contribution is 5.31. The summed E-state index contributed by atoms with van der Waals surface area (Å²) in [4.78, 5) is 0. The average Bonchev–Trinajstić information content (AvgIpc) is 2.26. The molecule has 0 atom stereocenters. The topological polar surface area (TPSA) is 0 Å². The predicted molar refractivity (Wildman–Crippen MR) is 68.6 cm³/mol. The molecule has 0 saturated heterocycles. The minimum absolute atomic E-state index is 1.10. The van der Waals surface area contributed by atoms with E-state index in [1.807, 2.05) is 19.9 Å². The Balaban J connectivity index is 0. The second-order valence-corrected chi connectivity index (χ2v) is 2.86. The SMILES string of the molecule is C=C/C(CCC)=C(\C=C/C)CC.CC. The standard InChI is InChI=1S/C12H20.C2H6/c1-5-9-11(7-3)12(8-4)10-6-2;1-2/h6-7,10H,3,5,8-9H2,1-2,4H3;1-2H3/b10-6-,12-11+;. The lowest BCUT2D eigenvalue weighted by Gasteiger charge is -2.05. The zero-order valence-electron chi connectivity index (χ0n) is 10.6. The molecule has 0 aliphatic heterocycles. The fourth-order valence-corrected chi connectivity index (χ4v) is 1.32. The Morgan fingerprint density at radius 3 is 2.00 bits per heavy atom. The van der Waals surface area contributed by atoms with Crippen LogP contribution in [0.1, 0.15) is 53.9 Å². The van der Waals surface area contributed by atoms with Crippen LogP contribution in [0.25, 0.3) is 0 Å². The molecule has 0 rings (SSSR count). The molecule has 0 aromatic rings. The van der Waals surface area contributed by atoms with Crippen LogP contribution in [0.3, 0.4) is 0 Å². The summed E-state index contributed by atoms with van der Waals surface area (Å²) in [5.41, 5.74) is 2.83. The van der Waals surface area contributed by atoms with Crippen molar-refractivity contribution >= 4 is 0 Å². The van der Waals surface area contributed by atoms with Gasteiger partial charge in [0.15, 0.2) is 0 Å². The maximum atomic E-state index is 3.84. The summed E-state index contributed by atoms with van der Waals surface area (Å²) < 4.78 is 0. The number of hydrogen-bond acceptors (Lipinski definition) is 0. The fourth-order valence-electron chi connectivity index (χ4n) is 1.32. The van der Waals surface area contributed by atoms with Crippen LogP contribution >= 0.6 is 0 Å². The van der Waals surface area contributed by atoms with Crippen LogP contribution in [0.2, 0.25) is 0 Å². The van der Waals surface area contributed by atoms with E-state index in [1.165, 1.54) is 17.6 Å². The molecule has 0 aliphatic rings. The smallest absolute Gasteiger partial charge is 0.0279 e. The molecule has 0 nitrogen and oxygen atoms in total. The van der Waals surface area contributed by atoms with Crippen LogP contribution in [-0.4, -0.2) is 0 Å². The Hall–Kier alpha value is -0.780. The molecule has 0 aromatic carbocycles. The normalized spacial score (nSPS) is 11.8. The first-order valence-electron chi connectivity index (χ1n) is 5.77. The second kappa shape index (κ2) is 12.2. The quantitative estimate of drug-likeness (QED) is 0.522. The van der Waals surface area contributed by atoms with E-state index >= 15 is 0 Å². The number of allylic oxidation sites excluding steroid dienone is 5. The van der Waals surface area contributed by atoms with Gasteiger partial charge in [0, 0.05) is 0 Å². The summed E-state index contributed by atoms with van der Waals surface area (Å²) in [6, 6.07) is 0. The van der Waals surface area contributed by atoms with Crippen LogP contribution < -0.4 is 0 Å². The molecular weight excluding hydrogens is 168 g/mol. The van der Waals surface area contributed by atoms with E-state index in [9.17, 15) is 0 Å². The summed E-state index contributed by atoms with van der Waals surface area (Å²) in [5.74, 6) is 0. The van der Waals surface area contributed by atoms with Gasteiger partial charge in [-0.2, -0.15) is 0 Å². The summed E-state index contributed by atoms with van der Waals surface area (Å²) >= 11 is 0. The zero-order valence-corrected chi connectivity index (χ0v) is 10.6. The van der Waals surface area contributed by atoms with E-state index in [1.54, 1.807) is 0 Å². The molecule has 0 aromatic heterocycles. The number of hydrogen-bond donors (Lipinski definition) is 0. The van der Waals surface area contributed by atoms with Gasteiger partial charge in [0.1, 0.15) is 0 Å². The first-order valence-corrected chi connectivity index (χ1v) is 5.77. The van der Waals surface area contributed by atoms with E-state index in [0.717, 1.165) is 12.8 Å². The van der Waals surface area contributed by atoms with Gasteiger partial charge in [-0.05, 0) is 30.9 Å². The lowest BCUT2D eigenvalue weighted by molar-refractivity contribution is 0.906. The van der Waals surface area contributed by atoms with Crippen molar-refractivity contribution in [3.05, 3.63) is 36.0 Å². The van der Waals surface area contributed by atoms with E-state index in [2.05, 4.69) is 39.5 Å². The van der Waals surface area contributed by atoms with Gasteiger partial charge in [-0.1, -0.05) is 58.9 Å². The molecular formula is C14H26. The molecule has 0 amide bonds. The monoisotopic (exact) mass is 194 g/mol. The molecule has 0 radical (unpaired) electrons. The summed E-state index contributed by atoms with van der Waals surface area (Å²) in [6.07, 6.45) is 9.72. The molecule has 0 aliphatic carbocycles. The molecule has 0 fully saturated rings. The highest BCUT2D eigenvalue weighted by atomic mass is 14.0. The van der Waals surface area contributed by atoms with Crippen molar-refractivity contribution in [2.24, 2.45) is 0 Å². The molecule has 0 N–H and O–H groups in total. The van der Waals surface area contributed by atoms with Crippen LogP contribution in [0.15, 0.2) is 36.0 Å². The van der Waals surface area contributed by atoms with Crippen LogP contribution in [0.4, 0.5) is 0 Å². The maximum absolute atomic E-state index is 3.84. The van der Waals surface area contributed by atoms with Gasteiger partial charge in [0.2, 0.25) is 0 Å². The van der Waals surface area contributed by atoms with E-state index in [-0.39, 0.29) is 0 Å². The van der Waals surface area contributed by atoms with Crippen molar-refractivity contribution in [3.8, 4) is 0 Å². The lowest BCUT2D eigenvalue weighted by atomic mass is 10.0. The van der Waals surface area contributed by atoms with Crippen LogP contribution in [0, 0.1) is 0 Å². The Labute approximate surface area is 90.4 Å². The van der Waals surface area contributed by atoms with Crippen molar-refractivity contribution in [2.45, 2.75) is 53.9 Å². The maximum Gasteiger partial charge on any atom is -0.0279 e. The Morgan fingerprint density at radius 1 is 1.14 bits per heavy atom. The minimum atomic E-state index is 1.10. The van der Waals surface area contributed by atoms with Gasteiger partial charge in [-0.3, -0.25) is 0 Å². The molecule has 14 heavy (non-hydrogen) atoms. The van der Waals surface area contributed by atoms with Crippen LogP contribution in [-0.2, 0) is 0 Å². The lowest BCUT2D eigenvalue weighted by Crippen LogP contribution is -1.85. The molecule has 0 unspecified atom stereocenters. The molecule has 0 saturated carbocycles. The summed E-state index contributed by atoms with van der Waals surface area (Å²) in [7, 11) is 0. The van der Waals surface area contributed by atoms with Crippen LogP contribution in [0.5, 0.6) is 0 Å². The van der Waals surface area contributed by atoms with Crippen molar-refractivity contribution in [1.82, 2.24) is 0 Å². The van der Waals surface area contributed by atoms with E-state index in [0.29, 0.717) is 0 Å². The Bertz CT molecular complexity index is 182.